The largest absolute Gasteiger partial charge is 0.371 e. The Morgan fingerprint density at radius 3 is 2.63 bits per heavy atom. The summed E-state index contributed by atoms with van der Waals surface area (Å²) in [5.74, 6) is 0.843. The van der Waals surface area contributed by atoms with E-state index in [2.05, 4.69) is 41.4 Å². The Hall–Kier alpha value is -1.02. The van der Waals surface area contributed by atoms with Crippen molar-refractivity contribution in [3.63, 3.8) is 0 Å². The molecule has 2 nitrogen and oxygen atoms in total. The van der Waals surface area contributed by atoms with E-state index in [0.717, 1.165) is 12.0 Å². The van der Waals surface area contributed by atoms with Crippen LogP contribution in [0.1, 0.15) is 38.2 Å². The van der Waals surface area contributed by atoms with Crippen LogP contribution < -0.4 is 10.2 Å². The van der Waals surface area contributed by atoms with E-state index >= 15 is 0 Å². The Labute approximate surface area is 117 Å². The second-order valence-electron chi connectivity index (χ2n) is 6.20. The molecule has 19 heavy (non-hydrogen) atoms. The van der Waals surface area contributed by atoms with Gasteiger partial charge < -0.3 is 10.2 Å². The number of aryl methyl sites for hydroxylation is 1. The standard InChI is InChI=1S/C17H26N2/c1-2-3-14-4-8-17(9-5-14)19-11-10-15(13-19)12-18-16-6-7-16/h4-5,8-9,15-16,18H,2-3,6-7,10-13H2,1H3. The van der Waals surface area contributed by atoms with E-state index in [4.69, 9.17) is 0 Å². The quantitative estimate of drug-likeness (QED) is 0.843. The van der Waals surface area contributed by atoms with E-state index in [1.807, 2.05) is 0 Å². The van der Waals surface area contributed by atoms with Crippen LogP contribution in [-0.2, 0) is 6.42 Å². The monoisotopic (exact) mass is 258 g/mol. The molecule has 104 valence electrons. The minimum Gasteiger partial charge on any atom is -0.371 e. The number of hydrogen-bond donors (Lipinski definition) is 1. The topological polar surface area (TPSA) is 15.3 Å². The van der Waals surface area contributed by atoms with Crippen LogP contribution in [0.2, 0.25) is 0 Å². The average Bonchev–Trinajstić information content (AvgIpc) is 3.15. The molecule has 0 radical (unpaired) electrons. The summed E-state index contributed by atoms with van der Waals surface area (Å²) in [5.41, 5.74) is 2.88. The summed E-state index contributed by atoms with van der Waals surface area (Å²) in [7, 11) is 0. The summed E-state index contributed by atoms with van der Waals surface area (Å²) in [5, 5.41) is 3.67. The van der Waals surface area contributed by atoms with Gasteiger partial charge >= 0.3 is 0 Å². The van der Waals surface area contributed by atoms with Gasteiger partial charge in [-0.05, 0) is 55.8 Å². The first-order valence-corrected chi connectivity index (χ1v) is 7.92. The van der Waals surface area contributed by atoms with Gasteiger partial charge in [0.2, 0.25) is 0 Å². The predicted molar refractivity (Wildman–Crippen MR) is 81.8 cm³/mol. The smallest absolute Gasteiger partial charge is 0.0366 e. The van der Waals surface area contributed by atoms with Gasteiger partial charge in [0.1, 0.15) is 0 Å². The van der Waals surface area contributed by atoms with E-state index in [1.165, 1.54) is 63.0 Å². The van der Waals surface area contributed by atoms with Crippen LogP contribution in [0.4, 0.5) is 5.69 Å². The SMILES string of the molecule is CCCc1ccc(N2CCC(CNC3CC3)C2)cc1. The van der Waals surface area contributed by atoms with Crippen molar-refractivity contribution in [2.75, 3.05) is 24.5 Å². The van der Waals surface area contributed by atoms with Crippen LogP contribution in [0.25, 0.3) is 0 Å². The van der Waals surface area contributed by atoms with Crippen molar-refractivity contribution in [3.8, 4) is 0 Å². The van der Waals surface area contributed by atoms with Gasteiger partial charge in [-0.25, -0.2) is 0 Å². The van der Waals surface area contributed by atoms with Crippen molar-refractivity contribution in [1.29, 1.82) is 0 Å². The second kappa shape index (κ2) is 5.96. The van der Waals surface area contributed by atoms with Crippen molar-refractivity contribution in [1.82, 2.24) is 5.32 Å². The first-order valence-electron chi connectivity index (χ1n) is 7.92. The van der Waals surface area contributed by atoms with Crippen molar-refractivity contribution < 1.29 is 0 Å². The van der Waals surface area contributed by atoms with Crippen molar-refractivity contribution in [2.45, 2.75) is 45.1 Å². The Morgan fingerprint density at radius 2 is 1.95 bits per heavy atom. The fourth-order valence-corrected chi connectivity index (χ4v) is 3.02. The van der Waals surface area contributed by atoms with E-state index in [0.29, 0.717) is 0 Å². The van der Waals surface area contributed by atoms with Crippen LogP contribution >= 0.6 is 0 Å². The first kappa shape index (κ1) is 13.0. The molecule has 1 N–H and O–H groups in total. The van der Waals surface area contributed by atoms with Gasteiger partial charge in [-0.3, -0.25) is 0 Å². The summed E-state index contributed by atoms with van der Waals surface area (Å²) in [6.07, 6.45) is 6.58. The van der Waals surface area contributed by atoms with Crippen LogP contribution in [0.15, 0.2) is 24.3 Å². The van der Waals surface area contributed by atoms with Gasteiger partial charge in [0, 0.05) is 24.8 Å². The minimum atomic E-state index is 0.843. The average molecular weight is 258 g/mol. The number of anilines is 1. The van der Waals surface area contributed by atoms with Crippen molar-refractivity contribution >= 4 is 5.69 Å². The normalized spacial score (nSPS) is 23.0. The Morgan fingerprint density at radius 1 is 1.16 bits per heavy atom. The Kier molecular flexibility index (Phi) is 4.07. The number of benzene rings is 1. The molecule has 0 spiro atoms. The lowest BCUT2D eigenvalue weighted by molar-refractivity contribution is 0.515. The van der Waals surface area contributed by atoms with E-state index < -0.39 is 0 Å². The third-order valence-electron chi connectivity index (χ3n) is 4.40. The molecule has 1 aromatic carbocycles. The van der Waals surface area contributed by atoms with Crippen molar-refractivity contribution in [2.24, 2.45) is 5.92 Å². The van der Waals surface area contributed by atoms with Gasteiger partial charge in [0.25, 0.3) is 0 Å². The van der Waals surface area contributed by atoms with Gasteiger partial charge in [-0.15, -0.1) is 0 Å². The highest BCUT2D eigenvalue weighted by atomic mass is 15.2. The number of hydrogen-bond acceptors (Lipinski definition) is 2. The van der Waals surface area contributed by atoms with Crippen molar-refractivity contribution in [3.05, 3.63) is 29.8 Å². The third kappa shape index (κ3) is 3.50. The molecule has 0 bridgehead atoms. The molecule has 1 saturated carbocycles. The highest BCUT2D eigenvalue weighted by Gasteiger charge is 2.26. The summed E-state index contributed by atoms with van der Waals surface area (Å²) in [6, 6.07) is 10.1. The summed E-state index contributed by atoms with van der Waals surface area (Å²) in [6.45, 7) is 5.91. The molecule has 1 aliphatic carbocycles. The molecule has 3 rings (SSSR count). The van der Waals surface area contributed by atoms with Gasteiger partial charge in [0.05, 0.1) is 0 Å². The van der Waals surface area contributed by atoms with Gasteiger partial charge in [-0.2, -0.15) is 0 Å². The molecule has 1 unspecified atom stereocenters. The lowest BCUT2D eigenvalue weighted by atomic mass is 10.1. The number of rotatable bonds is 6. The Balaban J connectivity index is 1.51. The summed E-state index contributed by atoms with van der Waals surface area (Å²) < 4.78 is 0. The number of nitrogens with one attached hydrogen (secondary N) is 1. The minimum absolute atomic E-state index is 0.843. The fraction of sp³-hybridized carbons (Fsp3) is 0.647. The fourth-order valence-electron chi connectivity index (χ4n) is 3.02. The molecule has 0 aromatic heterocycles. The van der Waals surface area contributed by atoms with Gasteiger partial charge in [0.15, 0.2) is 0 Å². The highest BCUT2D eigenvalue weighted by Crippen LogP contribution is 2.25. The maximum absolute atomic E-state index is 3.67. The molecule has 1 heterocycles. The maximum Gasteiger partial charge on any atom is 0.0366 e. The molecular formula is C17H26N2. The predicted octanol–water partition coefficient (Wildman–Crippen LogP) is 3.22. The molecule has 1 atom stereocenters. The molecular weight excluding hydrogens is 232 g/mol. The highest BCUT2D eigenvalue weighted by molar-refractivity contribution is 5.48. The maximum atomic E-state index is 3.67. The van der Waals surface area contributed by atoms with Crippen LogP contribution in [0, 0.1) is 5.92 Å². The zero-order valence-corrected chi connectivity index (χ0v) is 12.1. The van der Waals surface area contributed by atoms with Crippen LogP contribution in [0.5, 0.6) is 0 Å². The molecule has 2 fully saturated rings. The van der Waals surface area contributed by atoms with Gasteiger partial charge in [-0.1, -0.05) is 25.5 Å². The molecule has 1 aromatic rings. The molecule has 0 amide bonds. The third-order valence-corrected chi connectivity index (χ3v) is 4.40. The molecule has 2 aliphatic rings. The van der Waals surface area contributed by atoms with E-state index in [9.17, 15) is 0 Å². The molecule has 1 saturated heterocycles. The van der Waals surface area contributed by atoms with E-state index in [1.54, 1.807) is 0 Å². The number of nitrogens with zero attached hydrogens (tertiary/aromatic N) is 1. The second-order valence-corrected chi connectivity index (χ2v) is 6.20. The molecule has 2 heteroatoms. The first-order chi connectivity index (χ1) is 9.35. The summed E-state index contributed by atoms with van der Waals surface area (Å²) >= 11 is 0. The van der Waals surface area contributed by atoms with Crippen LogP contribution in [0.3, 0.4) is 0 Å². The lowest BCUT2D eigenvalue weighted by Crippen LogP contribution is -2.27. The van der Waals surface area contributed by atoms with E-state index in [-0.39, 0.29) is 0 Å². The Bertz CT molecular complexity index is 394. The van der Waals surface area contributed by atoms with Crippen LogP contribution in [-0.4, -0.2) is 25.7 Å². The zero-order chi connectivity index (χ0) is 13.1. The lowest BCUT2D eigenvalue weighted by Gasteiger charge is -2.19. The summed E-state index contributed by atoms with van der Waals surface area (Å²) in [4.78, 5) is 2.55. The molecule has 1 aliphatic heterocycles. The zero-order valence-electron chi connectivity index (χ0n) is 12.1.